The molecular formula is C20H22Cl2N2O. The maximum absolute atomic E-state index is 12.3. The second kappa shape index (κ2) is 8.70. The lowest BCUT2D eigenvalue weighted by atomic mass is 9.96. The first-order valence-electron chi connectivity index (χ1n) is 8.61. The Hall–Kier alpha value is -1.55. The van der Waals surface area contributed by atoms with E-state index in [9.17, 15) is 4.79 Å². The Morgan fingerprint density at radius 3 is 2.32 bits per heavy atom. The molecule has 0 bridgehead atoms. The number of amides is 1. The predicted molar refractivity (Wildman–Crippen MR) is 103 cm³/mol. The van der Waals surface area contributed by atoms with Gasteiger partial charge in [-0.25, -0.2) is 0 Å². The maximum atomic E-state index is 12.3. The number of nitrogens with one attached hydrogen (secondary N) is 1. The highest BCUT2D eigenvalue weighted by molar-refractivity contribution is 6.35. The monoisotopic (exact) mass is 376 g/mol. The Balaban J connectivity index is 1.44. The summed E-state index contributed by atoms with van der Waals surface area (Å²) in [6, 6.07) is 15.5. The molecule has 1 N–H and O–H groups in total. The van der Waals surface area contributed by atoms with Crippen molar-refractivity contribution in [3.63, 3.8) is 0 Å². The fourth-order valence-electron chi connectivity index (χ4n) is 3.21. The van der Waals surface area contributed by atoms with Crippen LogP contribution in [0.4, 0.5) is 0 Å². The van der Waals surface area contributed by atoms with Gasteiger partial charge < -0.3 is 5.32 Å². The zero-order chi connectivity index (χ0) is 17.6. The van der Waals surface area contributed by atoms with Crippen LogP contribution in [0.25, 0.3) is 0 Å². The molecule has 3 rings (SSSR count). The lowest BCUT2D eigenvalue weighted by molar-refractivity contribution is 0.0935. The van der Waals surface area contributed by atoms with Crippen molar-refractivity contribution in [2.24, 2.45) is 5.92 Å². The molecule has 0 aromatic heterocycles. The summed E-state index contributed by atoms with van der Waals surface area (Å²) in [6.45, 7) is 3.83. The van der Waals surface area contributed by atoms with Gasteiger partial charge in [0.2, 0.25) is 0 Å². The Labute approximate surface area is 158 Å². The van der Waals surface area contributed by atoms with Crippen LogP contribution >= 0.6 is 23.2 Å². The number of hydrogen-bond donors (Lipinski definition) is 1. The molecule has 0 aliphatic carbocycles. The molecule has 0 radical (unpaired) electrons. The van der Waals surface area contributed by atoms with Crippen LogP contribution in [0.15, 0.2) is 48.5 Å². The van der Waals surface area contributed by atoms with Gasteiger partial charge in [0.05, 0.1) is 0 Å². The Morgan fingerprint density at radius 2 is 1.68 bits per heavy atom. The van der Waals surface area contributed by atoms with Gasteiger partial charge in [0, 0.05) is 28.7 Å². The fraction of sp³-hybridized carbons (Fsp3) is 0.350. The highest BCUT2D eigenvalue weighted by atomic mass is 35.5. The van der Waals surface area contributed by atoms with Crippen molar-refractivity contribution in [2.75, 3.05) is 19.6 Å². The summed E-state index contributed by atoms with van der Waals surface area (Å²) in [5, 5.41) is 3.97. The van der Waals surface area contributed by atoms with Crippen LogP contribution in [0.2, 0.25) is 10.0 Å². The van der Waals surface area contributed by atoms with Crippen LogP contribution in [0.3, 0.4) is 0 Å². The van der Waals surface area contributed by atoms with E-state index in [0.717, 1.165) is 32.5 Å². The Morgan fingerprint density at radius 1 is 1.04 bits per heavy atom. The average molecular weight is 377 g/mol. The van der Waals surface area contributed by atoms with E-state index in [0.29, 0.717) is 28.1 Å². The highest BCUT2D eigenvalue weighted by Crippen LogP contribution is 2.20. The summed E-state index contributed by atoms with van der Waals surface area (Å²) in [5.74, 6) is 0.404. The predicted octanol–water partition coefficient (Wildman–Crippen LogP) is 4.64. The third-order valence-corrected chi connectivity index (χ3v) is 5.07. The van der Waals surface area contributed by atoms with Gasteiger partial charge in [0.1, 0.15) is 0 Å². The van der Waals surface area contributed by atoms with E-state index in [1.54, 1.807) is 18.2 Å². The summed E-state index contributed by atoms with van der Waals surface area (Å²) in [7, 11) is 0. The summed E-state index contributed by atoms with van der Waals surface area (Å²) in [5.41, 5.74) is 1.87. The van der Waals surface area contributed by atoms with Crippen LogP contribution in [0.5, 0.6) is 0 Å². The first kappa shape index (κ1) is 18.2. The molecule has 3 nitrogen and oxygen atoms in total. The molecule has 0 atom stereocenters. The maximum Gasteiger partial charge on any atom is 0.251 e. The molecule has 132 valence electrons. The molecular weight excluding hydrogens is 355 g/mol. The van der Waals surface area contributed by atoms with E-state index in [2.05, 4.69) is 34.5 Å². The number of halogens is 2. The number of carbonyl (C=O) groups excluding carboxylic acids is 1. The third-order valence-electron chi connectivity index (χ3n) is 4.63. The van der Waals surface area contributed by atoms with E-state index < -0.39 is 0 Å². The van der Waals surface area contributed by atoms with Crippen LogP contribution in [0, 0.1) is 5.92 Å². The minimum atomic E-state index is -0.115. The van der Waals surface area contributed by atoms with Gasteiger partial charge in [0.15, 0.2) is 0 Å². The molecule has 1 aliphatic rings. The van der Waals surface area contributed by atoms with Crippen LogP contribution in [-0.4, -0.2) is 30.4 Å². The molecule has 25 heavy (non-hydrogen) atoms. The van der Waals surface area contributed by atoms with E-state index in [1.807, 2.05) is 6.07 Å². The van der Waals surface area contributed by atoms with Crippen molar-refractivity contribution < 1.29 is 4.79 Å². The van der Waals surface area contributed by atoms with Crippen molar-refractivity contribution in [1.82, 2.24) is 10.2 Å². The summed E-state index contributed by atoms with van der Waals surface area (Å²) in [6.07, 6.45) is 2.20. The van der Waals surface area contributed by atoms with Crippen molar-refractivity contribution in [2.45, 2.75) is 19.4 Å². The molecule has 1 fully saturated rings. The van der Waals surface area contributed by atoms with Gasteiger partial charge >= 0.3 is 0 Å². The normalized spacial score (nSPS) is 15.9. The minimum absolute atomic E-state index is 0.115. The van der Waals surface area contributed by atoms with Gasteiger partial charge in [-0.05, 0) is 55.6 Å². The van der Waals surface area contributed by atoms with E-state index in [4.69, 9.17) is 23.2 Å². The van der Waals surface area contributed by atoms with Crippen LogP contribution in [-0.2, 0) is 6.54 Å². The highest BCUT2D eigenvalue weighted by Gasteiger charge is 2.20. The van der Waals surface area contributed by atoms with Crippen LogP contribution < -0.4 is 5.32 Å². The number of benzene rings is 2. The van der Waals surface area contributed by atoms with Crippen molar-refractivity contribution in [1.29, 1.82) is 0 Å². The fourth-order valence-corrected chi connectivity index (χ4v) is 3.74. The standard InChI is InChI=1S/C20H22Cl2N2O/c21-18-10-17(11-19(22)12-18)20(25)23-13-15-6-8-24(9-7-15)14-16-4-2-1-3-5-16/h1-5,10-12,15H,6-9,13-14H2,(H,23,25). The molecule has 2 aromatic carbocycles. The second-order valence-electron chi connectivity index (χ2n) is 6.57. The van der Waals surface area contributed by atoms with Crippen LogP contribution in [0.1, 0.15) is 28.8 Å². The first-order valence-corrected chi connectivity index (χ1v) is 9.36. The van der Waals surface area contributed by atoms with E-state index in [1.165, 1.54) is 5.56 Å². The largest absolute Gasteiger partial charge is 0.352 e. The van der Waals surface area contributed by atoms with Gasteiger partial charge in [-0.1, -0.05) is 53.5 Å². The number of likely N-dealkylation sites (tertiary alicyclic amines) is 1. The van der Waals surface area contributed by atoms with E-state index >= 15 is 0 Å². The number of rotatable bonds is 5. The molecule has 0 spiro atoms. The Bertz CT molecular complexity index is 693. The van der Waals surface area contributed by atoms with Crippen molar-refractivity contribution in [3.8, 4) is 0 Å². The van der Waals surface area contributed by atoms with Gasteiger partial charge in [0.25, 0.3) is 5.91 Å². The third kappa shape index (κ3) is 5.46. The second-order valence-corrected chi connectivity index (χ2v) is 7.45. The zero-order valence-corrected chi connectivity index (χ0v) is 15.6. The molecule has 0 unspecified atom stereocenters. The molecule has 1 aliphatic heterocycles. The summed E-state index contributed by atoms with van der Waals surface area (Å²) >= 11 is 11.9. The lowest BCUT2D eigenvalue weighted by Crippen LogP contribution is -2.38. The molecule has 1 saturated heterocycles. The first-order chi connectivity index (χ1) is 12.1. The topological polar surface area (TPSA) is 32.3 Å². The number of hydrogen-bond acceptors (Lipinski definition) is 2. The molecule has 5 heteroatoms. The quantitative estimate of drug-likeness (QED) is 0.824. The molecule has 1 heterocycles. The number of piperidine rings is 1. The van der Waals surface area contributed by atoms with E-state index in [-0.39, 0.29) is 5.91 Å². The number of nitrogens with zero attached hydrogens (tertiary/aromatic N) is 1. The molecule has 0 saturated carbocycles. The Kier molecular flexibility index (Phi) is 6.35. The SMILES string of the molecule is O=C(NCC1CCN(Cc2ccccc2)CC1)c1cc(Cl)cc(Cl)c1. The van der Waals surface area contributed by atoms with Crippen molar-refractivity contribution in [3.05, 3.63) is 69.7 Å². The molecule has 1 amide bonds. The van der Waals surface area contributed by atoms with Gasteiger partial charge in [-0.15, -0.1) is 0 Å². The van der Waals surface area contributed by atoms with Gasteiger partial charge in [-0.3, -0.25) is 9.69 Å². The lowest BCUT2D eigenvalue weighted by Gasteiger charge is -2.32. The summed E-state index contributed by atoms with van der Waals surface area (Å²) in [4.78, 5) is 14.7. The average Bonchev–Trinajstić information content (AvgIpc) is 2.61. The smallest absolute Gasteiger partial charge is 0.251 e. The van der Waals surface area contributed by atoms with Crippen molar-refractivity contribution >= 4 is 29.1 Å². The zero-order valence-electron chi connectivity index (χ0n) is 14.1. The number of carbonyl (C=O) groups is 1. The molecule has 2 aromatic rings. The van der Waals surface area contributed by atoms with Gasteiger partial charge in [-0.2, -0.15) is 0 Å². The summed E-state index contributed by atoms with van der Waals surface area (Å²) < 4.78 is 0. The minimum Gasteiger partial charge on any atom is -0.352 e.